The highest BCUT2D eigenvalue weighted by Gasteiger charge is 2.27. The van der Waals surface area contributed by atoms with Gasteiger partial charge in [0, 0.05) is 31.1 Å². The number of nitrogens with zero attached hydrogens (tertiary/aromatic N) is 1. The van der Waals surface area contributed by atoms with E-state index in [1.54, 1.807) is 11.9 Å². The van der Waals surface area contributed by atoms with Crippen LogP contribution in [0.1, 0.15) is 27.1 Å². The van der Waals surface area contributed by atoms with Crippen molar-refractivity contribution < 1.29 is 14.4 Å². The summed E-state index contributed by atoms with van der Waals surface area (Å²) in [7, 11) is 1.70. The maximum Gasteiger partial charge on any atom is 0.251 e. The molecule has 1 aromatic rings. The van der Waals surface area contributed by atoms with Gasteiger partial charge in [0.15, 0.2) is 0 Å². The zero-order chi connectivity index (χ0) is 14.0. The van der Waals surface area contributed by atoms with Gasteiger partial charge in [-0.3, -0.25) is 14.4 Å². The topological polar surface area (TPSA) is 92.5 Å². The number of benzene rings is 1. The van der Waals surface area contributed by atoms with Gasteiger partial charge < -0.3 is 16.0 Å². The SMILES string of the molecule is CN1CC(NC(=O)c2ccc(C(N)=O)cc2)CC1=O. The second kappa shape index (κ2) is 5.09. The molecule has 0 aromatic heterocycles. The molecule has 6 nitrogen and oxygen atoms in total. The van der Waals surface area contributed by atoms with Gasteiger partial charge in [-0.25, -0.2) is 0 Å². The molecule has 1 atom stereocenters. The molecule has 19 heavy (non-hydrogen) atoms. The molecule has 1 fully saturated rings. The molecule has 0 bridgehead atoms. The average molecular weight is 261 g/mol. The molecule has 0 aliphatic carbocycles. The van der Waals surface area contributed by atoms with E-state index >= 15 is 0 Å². The minimum atomic E-state index is -0.532. The van der Waals surface area contributed by atoms with E-state index < -0.39 is 5.91 Å². The third-order valence-corrected chi connectivity index (χ3v) is 3.11. The number of carbonyl (C=O) groups is 3. The Morgan fingerprint density at radius 1 is 1.26 bits per heavy atom. The van der Waals surface area contributed by atoms with E-state index in [1.165, 1.54) is 24.3 Å². The second-order valence-corrected chi connectivity index (χ2v) is 4.59. The van der Waals surface area contributed by atoms with E-state index in [4.69, 9.17) is 5.73 Å². The fourth-order valence-corrected chi connectivity index (χ4v) is 2.01. The summed E-state index contributed by atoms with van der Waals surface area (Å²) < 4.78 is 0. The largest absolute Gasteiger partial charge is 0.366 e. The standard InChI is InChI=1S/C13H15N3O3/c1-16-7-10(6-11(16)17)15-13(19)9-4-2-8(3-5-9)12(14)18/h2-5,10H,6-7H2,1H3,(H2,14,18)(H,15,19). The Hall–Kier alpha value is -2.37. The highest BCUT2D eigenvalue weighted by molar-refractivity contribution is 5.97. The summed E-state index contributed by atoms with van der Waals surface area (Å²) in [6.45, 7) is 0.518. The Bertz CT molecular complexity index is 524. The van der Waals surface area contributed by atoms with Crippen LogP contribution in [-0.2, 0) is 4.79 Å². The van der Waals surface area contributed by atoms with Crippen LogP contribution in [0.5, 0.6) is 0 Å². The molecule has 1 aliphatic rings. The number of rotatable bonds is 3. The molecule has 2 rings (SSSR count). The van der Waals surface area contributed by atoms with Gasteiger partial charge in [-0.1, -0.05) is 0 Å². The van der Waals surface area contributed by atoms with Crippen LogP contribution in [0.4, 0.5) is 0 Å². The fourth-order valence-electron chi connectivity index (χ4n) is 2.01. The number of nitrogens with two attached hydrogens (primary N) is 1. The predicted molar refractivity (Wildman–Crippen MR) is 68.5 cm³/mol. The Kier molecular flexibility index (Phi) is 3.50. The van der Waals surface area contributed by atoms with Crippen molar-refractivity contribution >= 4 is 17.7 Å². The van der Waals surface area contributed by atoms with Crippen molar-refractivity contribution in [3.8, 4) is 0 Å². The molecular formula is C13H15N3O3. The van der Waals surface area contributed by atoms with Crippen molar-refractivity contribution in [2.24, 2.45) is 5.73 Å². The predicted octanol–water partition coefficient (Wildman–Crippen LogP) is -0.254. The van der Waals surface area contributed by atoms with Crippen LogP contribution in [0.25, 0.3) is 0 Å². The minimum absolute atomic E-state index is 0.0226. The molecule has 6 heteroatoms. The normalized spacial score (nSPS) is 18.5. The van der Waals surface area contributed by atoms with Gasteiger partial charge in [0.1, 0.15) is 0 Å². The number of primary amides is 1. The Morgan fingerprint density at radius 2 is 1.84 bits per heavy atom. The first-order valence-electron chi connectivity index (χ1n) is 5.92. The maximum absolute atomic E-state index is 11.9. The first kappa shape index (κ1) is 13.1. The highest BCUT2D eigenvalue weighted by atomic mass is 16.2. The van der Waals surface area contributed by atoms with Gasteiger partial charge >= 0.3 is 0 Å². The van der Waals surface area contributed by atoms with Crippen LogP contribution >= 0.6 is 0 Å². The maximum atomic E-state index is 11.9. The van der Waals surface area contributed by atoms with E-state index in [-0.39, 0.29) is 17.9 Å². The minimum Gasteiger partial charge on any atom is -0.366 e. The summed E-state index contributed by atoms with van der Waals surface area (Å²) in [6, 6.07) is 5.92. The molecule has 1 unspecified atom stereocenters. The molecule has 100 valence electrons. The Morgan fingerprint density at radius 3 is 2.32 bits per heavy atom. The summed E-state index contributed by atoms with van der Waals surface area (Å²) in [5.74, 6) is -0.770. The van der Waals surface area contributed by atoms with Crippen molar-refractivity contribution in [1.82, 2.24) is 10.2 Å². The number of hydrogen-bond donors (Lipinski definition) is 2. The smallest absolute Gasteiger partial charge is 0.251 e. The summed E-state index contributed by atoms with van der Waals surface area (Å²) in [5, 5.41) is 2.79. The molecule has 1 aliphatic heterocycles. The molecular weight excluding hydrogens is 246 g/mol. The average Bonchev–Trinajstić information content (AvgIpc) is 2.68. The Balaban J connectivity index is 2.00. The third kappa shape index (κ3) is 2.90. The van der Waals surface area contributed by atoms with Gasteiger partial charge in [0.05, 0.1) is 6.04 Å². The number of nitrogens with one attached hydrogen (secondary N) is 1. The van der Waals surface area contributed by atoms with Crippen LogP contribution in [0, 0.1) is 0 Å². The van der Waals surface area contributed by atoms with Crippen LogP contribution in [0.15, 0.2) is 24.3 Å². The first-order valence-corrected chi connectivity index (χ1v) is 5.92. The van der Waals surface area contributed by atoms with E-state index in [1.807, 2.05) is 0 Å². The zero-order valence-corrected chi connectivity index (χ0v) is 10.6. The lowest BCUT2D eigenvalue weighted by Crippen LogP contribution is -2.36. The first-order chi connectivity index (χ1) is 8.97. The number of likely N-dealkylation sites (tertiary alicyclic amines) is 1. The molecule has 0 radical (unpaired) electrons. The summed E-state index contributed by atoms with van der Waals surface area (Å²) >= 11 is 0. The fraction of sp³-hybridized carbons (Fsp3) is 0.308. The molecule has 3 N–H and O–H groups in total. The van der Waals surface area contributed by atoms with Gasteiger partial charge in [-0.2, -0.15) is 0 Å². The summed E-state index contributed by atoms with van der Waals surface area (Å²) in [6.07, 6.45) is 0.321. The van der Waals surface area contributed by atoms with Gasteiger partial charge in [0.25, 0.3) is 5.91 Å². The molecule has 3 amide bonds. The van der Waals surface area contributed by atoms with Crippen molar-refractivity contribution in [1.29, 1.82) is 0 Å². The number of likely N-dealkylation sites (N-methyl/N-ethyl adjacent to an activating group) is 1. The van der Waals surface area contributed by atoms with E-state index in [0.29, 0.717) is 24.1 Å². The molecule has 0 saturated carbocycles. The lowest BCUT2D eigenvalue weighted by atomic mass is 10.1. The van der Waals surface area contributed by atoms with Gasteiger partial charge in [-0.05, 0) is 24.3 Å². The van der Waals surface area contributed by atoms with Crippen LogP contribution in [0.2, 0.25) is 0 Å². The Labute approximate surface area is 110 Å². The third-order valence-electron chi connectivity index (χ3n) is 3.11. The number of hydrogen-bond acceptors (Lipinski definition) is 3. The van der Waals surface area contributed by atoms with Crippen LogP contribution in [0.3, 0.4) is 0 Å². The van der Waals surface area contributed by atoms with Gasteiger partial charge in [0.2, 0.25) is 11.8 Å². The summed E-state index contributed by atoms with van der Waals surface area (Å²) in [4.78, 5) is 35.8. The number of carbonyl (C=O) groups excluding carboxylic acids is 3. The lowest BCUT2D eigenvalue weighted by Gasteiger charge is -2.12. The molecule has 0 spiro atoms. The molecule has 1 aromatic carbocycles. The highest BCUT2D eigenvalue weighted by Crippen LogP contribution is 2.10. The zero-order valence-electron chi connectivity index (χ0n) is 10.6. The number of amides is 3. The molecule has 1 saturated heterocycles. The van der Waals surface area contributed by atoms with Crippen LogP contribution in [-0.4, -0.2) is 42.3 Å². The monoisotopic (exact) mass is 261 g/mol. The van der Waals surface area contributed by atoms with Gasteiger partial charge in [-0.15, -0.1) is 0 Å². The van der Waals surface area contributed by atoms with E-state index in [9.17, 15) is 14.4 Å². The quantitative estimate of drug-likeness (QED) is 0.785. The molecule has 1 heterocycles. The summed E-state index contributed by atoms with van der Waals surface area (Å²) in [5.41, 5.74) is 5.91. The van der Waals surface area contributed by atoms with Crippen molar-refractivity contribution in [3.05, 3.63) is 35.4 Å². The van der Waals surface area contributed by atoms with E-state index in [2.05, 4.69) is 5.32 Å². The van der Waals surface area contributed by atoms with Crippen LogP contribution < -0.4 is 11.1 Å². The van der Waals surface area contributed by atoms with E-state index in [0.717, 1.165) is 0 Å². The van der Waals surface area contributed by atoms with Crippen molar-refractivity contribution in [2.45, 2.75) is 12.5 Å². The van der Waals surface area contributed by atoms with Crippen molar-refractivity contribution in [3.63, 3.8) is 0 Å². The lowest BCUT2D eigenvalue weighted by molar-refractivity contribution is -0.126. The van der Waals surface area contributed by atoms with Crippen molar-refractivity contribution in [2.75, 3.05) is 13.6 Å². The second-order valence-electron chi connectivity index (χ2n) is 4.59.